The van der Waals surface area contributed by atoms with E-state index in [1.165, 1.54) is 25.9 Å². The lowest BCUT2D eigenvalue weighted by atomic mass is 10.3. The van der Waals surface area contributed by atoms with E-state index in [0.717, 1.165) is 30.1 Å². The molecule has 1 saturated heterocycles. The van der Waals surface area contributed by atoms with E-state index >= 15 is 0 Å². The Bertz CT molecular complexity index is 362. The van der Waals surface area contributed by atoms with Crippen LogP contribution in [-0.2, 0) is 13.0 Å². The molecule has 2 rings (SSSR count). The summed E-state index contributed by atoms with van der Waals surface area (Å²) in [7, 11) is 0. The summed E-state index contributed by atoms with van der Waals surface area (Å²) in [5.74, 6) is 1.09. The Labute approximate surface area is 95.3 Å². The minimum absolute atomic E-state index is 0.744. The van der Waals surface area contributed by atoms with Crippen LogP contribution in [0.1, 0.15) is 25.6 Å². The lowest BCUT2D eigenvalue weighted by Gasteiger charge is -2.13. The number of hydrogen-bond acceptors (Lipinski definition) is 3. The maximum atomic E-state index is 5.15. The average molecular weight is 226 g/mol. The van der Waals surface area contributed by atoms with Gasteiger partial charge >= 0.3 is 0 Å². The third kappa shape index (κ3) is 2.46. The fourth-order valence-electron chi connectivity index (χ4n) is 2.13. The maximum absolute atomic E-state index is 5.15. The first-order valence-electron chi connectivity index (χ1n) is 5.67. The Morgan fingerprint density at radius 3 is 2.80 bits per heavy atom. The highest BCUT2D eigenvalue weighted by Gasteiger charge is 2.12. The maximum Gasteiger partial charge on any atom is 0.195 e. The average Bonchev–Trinajstić information content (AvgIpc) is 2.84. The van der Waals surface area contributed by atoms with Crippen molar-refractivity contribution in [2.24, 2.45) is 0 Å². The topological polar surface area (TPSA) is 36.9 Å². The van der Waals surface area contributed by atoms with Crippen molar-refractivity contribution in [3.05, 3.63) is 10.6 Å². The number of hydrogen-bond donors (Lipinski definition) is 1. The molecule has 1 aromatic heterocycles. The van der Waals surface area contributed by atoms with Crippen LogP contribution in [-0.4, -0.2) is 39.3 Å². The van der Waals surface area contributed by atoms with Crippen LogP contribution in [0.4, 0.5) is 0 Å². The molecule has 1 aliphatic heterocycles. The molecular formula is C10H18N4S. The smallest absolute Gasteiger partial charge is 0.195 e. The SMILES string of the molecule is CCn1c(CCN2CCCC2)n[nH]c1=S. The highest BCUT2D eigenvalue weighted by atomic mass is 32.1. The van der Waals surface area contributed by atoms with E-state index in [9.17, 15) is 0 Å². The molecule has 1 N–H and O–H groups in total. The zero-order chi connectivity index (χ0) is 10.7. The minimum atomic E-state index is 0.744. The molecule has 0 atom stereocenters. The first kappa shape index (κ1) is 10.8. The third-order valence-corrected chi connectivity index (χ3v) is 3.32. The normalized spacial score (nSPS) is 17.4. The second-order valence-corrected chi connectivity index (χ2v) is 4.37. The van der Waals surface area contributed by atoms with Crippen LogP contribution >= 0.6 is 12.2 Å². The molecule has 0 radical (unpaired) electrons. The summed E-state index contributed by atoms with van der Waals surface area (Å²) in [6.07, 6.45) is 3.70. The van der Waals surface area contributed by atoms with Crippen LogP contribution < -0.4 is 0 Å². The Hall–Kier alpha value is -0.680. The highest BCUT2D eigenvalue weighted by molar-refractivity contribution is 7.71. The molecule has 0 aromatic carbocycles. The summed E-state index contributed by atoms with van der Waals surface area (Å²) in [5.41, 5.74) is 0. The van der Waals surface area contributed by atoms with E-state index in [-0.39, 0.29) is 0 Å². The van der Waals surface area contributed by atoms with Crippen LogP contribution in [0.25, 0.3) is 0 Å². The van der Waals surface area contributed by atoms with E-state index in [4.69, 9.17) is 12.2 Å². The molecule has 15 heavy (non-hydrogen) atoms. The summed E-state index contributed by atoms with van der Waals surface area (Å²) in [6.45, 7) is 6.61. The zero-order valence-electron chi connectivity index (χ0n) is 9.20. The molecule has 2 heterocycles. The molecule has 4 nitrogen and oxygen atoms in total. The first-order valence-corrected chi connectivity index (χ1v) is 6.08. The molecule has 1 fully saturated rings. The fourth-order valence-corrected chi connectivity index (χ4v) is 2.41. The van der Waals surface area contributed by atoms with Crippen molar-refractivity contribution in [3.63, 3.8) is 0 Å². The summed E-state index contributed by atoms with van der Waals surface area (Å²) in [4.78, 5) is 2.50. The largest absolute Gasteiger partial charge is 0.304 e. The van der Waals surface area contributed by atoms with Gasteiger partial charge in [-0.25, -0.2) is 0 Å². The van der Waals surface area contributed by atoms with Gasteiger partial charge in [-0.3, -0.25) is 5.10 Å². The van der Waals surface area contributed by atoms with E-state index in [2.05, 4.69) is 26.6 Å². The van der Waals surface area contributed by atoms with Gasteiger partial charge < -0.3 is 9.47 Å². The number of aromatic nitrogens is 3. The second kappa shape index (κ2) is 4.90. The predicted octanol–water partition coefficient (Wildman–Crippen LogP) is 1.60. The molecule has 0 unspecified atom stereocenters. The Morgan fingerprint density at radius 2 is 2.13 bits per heavy atom. The number of rotatable bonds is 4. The lowest BCUT2D eigenvalue weighted by molar-refractivity contribution is 0.338. The van der Waals surface area contributed by atoms with Crippen LogP contribution in [0, 0.1) is 4.77 Å². The third-order valence-electron chi connectivity index (χ3n) is 3.00. The standard InChI is InChI=1S/C10H18N4S/c1-2-14-9(11-12-10(14)15)5-8-13-6-3-4-7-13/h2-8H2,1H3,(H,12,15). The lowest BCUT2D eigenvalue weighted by Crippen LogP contribution is -2.23. The van der Waals surface area contributed by atoms with E-state index in [1.807, 2.05) is 0 Å². The van der Waals surface area contributed by atoms with Gasteiger partial charge in [0, 0.05) is 19.5 Å². The van der Waals surface area contributed by atoms with Crippen molar-refractivity contribution in [2.75, 3.05) is 19.6 Å². The summed E-state index contributed by atoms with van der Waals surface area (Å²) >= 11 is 5.15. The fraction of sp³-hybridized carbons (Fsp3) is 0.800. The van der Waals surface area contributed by atoms with Crippen LogP contribution in [0.5, 0.6) is 0 Å². The van der Waals surface area contributed by atoms with Gasteiger partial charge in [0.05, 0.1) is 0 Å². The van der Waals surface area contributed by atoms with Crippen LogP contribution in [0.15, 0.2) is 0 Å². The van der Waals surface area contributed by atoms with Crippen molar-refractivity contribution in [1.29, 1.82) is 0 Å². The Balaban J connectivity index is 1.95. The number of aromatic amines is 1. The molecule has 0 aliphatic carbocycles. The molecule has 1 aromatic rings. The minimum Gasteiger partial charge on any atom is -0.304 e. The number of H-pyrrole nitrogens is 1. The first-order chi connectivity index (χ1) is 7.31. The predicted molar refractivity (Wildman–Crippen MR) is 62.5 cm³/mol. The molecular weight excluding hydrogens is 208 g/mol. The Kier molecular flexibility index (Phi) is 3.53. The van der Waals surface area contributed by atoms with Gasteiger partial charge in [-0.2, -0.15) is 5.10 Å². The van der Waals surface area contributed by atoms with Crippen molar-refractivity contribution >= 4 is 12.2 Å². The van der Waals surface area contributed by atoms with Crippen molar-refractivity contribution in [3.8, 4) is 0 Å². The van der Waals surface area contributed by atoms with E-state index in [0.29, 0.717) is 0 Å². The van der Waals surface area contributed by atoms with Crippen LogP contribution in [0.3, 0.4) is 0 Å². The molecule has 0 bridgehead atoms. The van der Waals surface area contributed by atoms with Gasteiger partial charge in [0.15, 0.2) is 4.77 Å². The van der Waals surface area contributed by atoms with Crippen molar-refractivity contribution in [2.45, 2.75) is 32.7 Å². The van der Waals surface area contributed by atoms with E-state index < -0.39 is 0 Å². The molecule has 1 aliphatic rings. The van der Waals surface area contributed by atoms with Gasteiger partial charge in [-0.15, -0.1) is 0 Å². The number of nitrogens with zero attached hydrogens (tertiary/aromatic N) is 3. The highest BCUT2D eigenvalue weighted by Crippen LogP contribution is 2.08. The summed E-state index contributed by atoms with van der Waals surface area (Å²) in [5, 5.41) is 7.13. The molecule has 0 spiro atoms. The summed E-state index contributed by atoms with van der Waals surface area (Å²) in [6, 6.07) is 0. The van der Waals surface area contributed by atoms with E-state index in [1.54, 1.807) is 0 Å². The van der Waals surface area contributed by atoms with Crippen molar-refractivity contribution in [1.82, 2.24) is 19.7 Å². The second-order valence-electron chi connectivity index (χ2n) is 3.99. The van der Waals surface area contributed by atoms with Gasteiger partial charge in [0.25, 0.3) is 0 Å². The molecule has 84 valence electrons. The number of nitrogens with one attached hydrogen (secondary N) is 1. The van der Waals surface area contributed by atoms with Crippen molar-refractivity contribution < 1.29 is 0 Å². The quantitative estimate of drug-likeness (QED) is 0.792. The van der Waals surface area contributed by atoms with Gasteiger partial charge in [0.1, 0.15) is 5.82 Å². The molecule has 5 heteroatoms. The van der Waals surface area contributed by atoms with Crippen LogP contribution in [0.2, 0.25) is 0 Å². The number of likely N-dealkylation sites (tertiary alicyclic amines) is 1. The Morgan fingerprint density at radius 1 is 1.40 bits per heavy atom. The van der Waals surface area contributed by atoms with Gasteiger partial charge in [-0.05, 0) is 45.1 Å². The molecule has 0 saturated carbocycles. The zero-order valence-corrected chi connectivity index (χ0v) is 10.0. The monoisotopic (exact) mass is 226 g/mol. The summed E-state index contributed by atoms with van der Waals surface area (Å²) < 4.78 is 2.82. The van der Waals surface area contributed by atoms with Gasteiger partial charge in [-0.1, -0.05) is 0 Å². The van der Waals surface area contributed by atoms with Gasteiger partial charge in [0.2, 0.25) is 0 Å². The molecule has 0 amide bonds.